The topological polar surface area (TPSA) is 68.0 Å². The summed E-state index contributed by atoms with van der Waals surface area (Å²) in [6, 6.07) is 3.75. The zero-order valence-corrected chi connectivity index (χ0v) is 7.59. The molecule has 0 radical (unpaired) electrons. The smallest absolute Gasteiger partial charge is 0.200 e. The lowest BCUT2D eigenvalue weighted by Crippen LogP contribution is -2.07. The van der Waals surface area contributed by atoms with E-state index in [9.17, 15) is 0 Å². The number of hydrogen-bond acceptors (Lipinski definition) is 5. The van der Waals surface area contributed by atoms with Crippen molar-refractivity contribution in [3.8, 4) is 0 Å². The Balaban J connectivity index is 1.81. The highest BCUT2D eigenvalue weighted by Crippen LogP contribution is 2.28. The minimum absolute atomic E-state index is 0.668. The van der Waals surface area contributed by atoms with Gasteiger partial charge in [0.05, 0.1) is 0 Å². The summed E-state index contributed by atoms with van der Waals surface area (Å²) >= 11 is 0. The van der Waals surface area contributed by atoms with Crippen LogP contribution in [-0.4, -0.2) is 31.8 Å². The molecule has 1 aliphatic rings. The number of aromatic nitrogens is 5. The van der Waals surface area contributed by atoms with Crippen molar-refractivity contribution in [2.24, 2.45) is 5.92 Å². The van der Waals surface area contributed by atoms with Gasteiger partial charge < -0.3 is 5.32 Å². The van der Waals surface area contributed by atoms with E-state index in [-0.39, 0.29) is 0 Å². The molecule has 3 rings (SSSR count). The molecule has 0 saturated heterocycles. The Labute approximate surface area is 80.3 Å². The molecule has 0 atom stereocenters. The fourth-order valence-corrected chi connectivity index (χ4v) is 1.31. The first-order valence-electron chi connectivity index (χ1n) is 4.71. The van der Waals surface area contributed by atoms with E-state index < -0.39 is 0 Å². The van der Waals surface area contributed by atoms with Crippen molar-refractivity contribution >= 4 is 11.5 Å². The number of anilines is 1. The van der Waals surface area contributed by atoms with Crippen molar-refractivity contribution < 1.29 is 0 Å². The van der Waals surface area contributed by atoms with Gasteiger partial charge in [-0.05, 0) is 41.3 Å². The first-order chi connectivity index (χ1) is 6.92. The predicted molar refractivity (Wildman–Crippen MR) is 49.8 cm³/mol. The van der Waals surface area contributed by atoms with E-state index in [0.29, 0.717) is 5.65 Å². The number of fused-ring (bicyclic) bond motifs is 1. The Hall–Kier alpha value is -1.72. The summed E-state index contributed by atoms with van der Waals surface area (Å²) in [5.74, 6) is 1.66. The molecule has 0 aliphatic heterocycles. The molecule has 0 amide bonds. The van der Waals surface area contributed by atoms with Gasteiger partial charge in [0.25, 0.3) is 0 Å². The molecule has 72 valence electrons. The van der Waals surface area contributed by atoms with Gasteiger partial charge in [0.2, 0.25) is 0 Å². The SMILES string of the molecule is c1cc2nnnn2nc1NCC1CC1. The number of tetrazole rings is 1. The first-order valence-corrected chi connectivity index (χ1v) is 4.71. The molecule has 1 aliphatic carbocycles. The Bertz CT molecular complexity index is 446. The zero-order chi connectivity index (χ0) is 9.38. The first kappa shape index (κ1) is 7.66. The predicted octanol–water partition coefficient (Wildman–Crippen LogP) is 0.341. The highest BCUT2D eigenvalue weighted by Gasteiger charge is 2.20. The molecule has 2 aromatic rings. The highest BCUT2D eigenvalue weighted by atomic mass is 15.6. The summed E-state index contributed by atoms with van der Waals surface area (Å²) in [5.41, 5.74) is 0.668. The minimum atomic E-state index is 0.668. The van der Waals surface area contributed by atoms with Crippen LogP contribution in [0.3, 0.4) is 0 Å². The van der Waals surface area contributed by atoms with Crippen LogP contribution in [-0.2, 0) is 0 Å². The Morgan fingerprint density at radius 2 is 2.36 bits per heavy atom. The van der Waals surface area contributed by atoms with Crippen LogP contribution in [0.15, 0.2) is 12.1 Å². The molecule has 1 saturated carbocycles. The fraction of sp³-hybridized carbons (Fsp3) is 0.500. The molecule has 0 unspecified atom stereocenters. The van der Waals surface area contributed by atoms with Crippen molar-refractivity contribution in [2.45, 2.75) is 12.8 Å². The second-order valence-corrected chi connectivity index (χ2v) is 3.57. The lowest BCUT2D eigenvalue weighted by molar-refractivity contribution is 0.731. The lowest BCUT2D eigenvalue weighted by atomic mass is 10.4. The molecule has 14 heavy (non-hydrogen) atoms. The van der Waals surface area contributed by atoms with Crippen molar-refractivity contribution in [1.82, 2.24) is 25.3 Å². The van der Waals surface area contributed by atoms with Gasteiger partial charge in [-0.2, -0.15) is 0 Å². The van der Waals surface area contributed by atoms with E-state index in [4.69, 9.17) is 0 Å². The quantitative estimate of drug-likeness (QED) is 0.756. The molecule has 0 bridgehead atoms. The van der Waals surface area contributed by atoms with Gasteiger partial charge in [0.1, 0.15) is 5.82 Å². The number of nitrogens with one attached hydrogen (secondary N) is 1. The highest BCUT2D eigenvalue weighted by molar-refractivity contribution is 5.42. The third kappa shape index (κ3) is 1.39. The van der Waals surface area contributed by atoms with Crippen molar-refractivity contribution in [3.05, 3.63) is 12.1 Å². The fourth-order valence-electron chi connectivity index (χ4n) is 1.31. The zero-order valence-electron chi connectivity index (χ0n) is 7.59. The summed E-state index contributed by atoms with van der Waals surface area (Å²) in [6.45, 7) is 1.00. The summed E-state index contributed by atoms with van der Waals surface area (Å²) in [6.07, 6.45) is 2.67. The van der Waals surface area contributed by atoms with E-state index in [0.717, 1.165) is 18.3 Å². The van der Waals surface area contributed by atoms with Crippen LogP contribution in [0.25, 0.3) is 5.65 Å². The summed E-state index contributed by atoms with van der Waals surface area (Å²) in [7, 11) is 0. The normalized spacial score (nSPS) is 16.0. The molecular formula is C8H10N6. The standard InChI is InChI=1S/C8H10N6/c1-2-6(1)5-9-7-3-4-8-10-12-13-14(8)11-7/h3-4,6H,1-2,5H2,(H,9,11). The van der Waals surface area contributed by atoms with Gasteiger partial charge in [0, 0.05) is 6.54 Å². The van der Waals surface area contributed by atoms with Gasteiger partial charge in [-0.3, -0.25) is 0 Å². The molecule has 1 N–H and O–H groups in total. The molecule has 6 nitrogen and oxygen atoms in total. The molecule has 1 fully saturated rings. The van der Waals surface area contributed by atoms with Crippen LogP contribution in [0.1, 0.15) is 12.8 Å². The van der Waals surface area contributed by atoms with Crippen LogP contribution < -0.4 is 5.32 Å². The van der Waals surface area contributed by atoms with E-state index in [2.05, 4.69) is 25.9 Å². The minimum Gasteiger partial charge on any atom is -0.368 e. The third-order valence-electron chi connectivity index (χ3n) is 2.34. The van der Waals surface area contributed by atoms with Gasteiger partial charge in [-0.15, -0.1) is 14.8 Å². The lowest BCUT2D eigenvalue weighted by Gasteiger charge is -2.02. The number of nitrogens with zero attached hydrogens (tertiary/aromatic N) is 5. The average Bonchev–Trinajstić information content (AvgIpc) is 2.92. The third-order valence-corrected chi connectivity index (χ3v) is 2.34. The molecule has 0 spiro atoms. The molecule has 2 aromatic heterocycles. The van der Waals surface area contributed by atoms with E-state index in [1.54, 1.807) is 0 Å². The molecule has 2 heterocycles. The average molecular weight is 190 g/mol. The van der Waals surface area contributed by atoms with Crippen LogP contribution in [0.2, 0.25) is 0 Å². The van der Waals surface area contributed by atoms with Crippen LogP contribution in [0.4, 0.5) is 5.82 Å². The van der Waals surface area contributed by atoms with Gasteiger partial charge >= 0.3 is 0 Å². The second-order valence-electron chi connectivity index (χ2n) is 3.57. The Morgan fingerprint density at radius 3 is 3.21 bits per heavy atom. The maximum atomic E-state index is 4.20. The van der Waals surface area contributed by atoms with Gasteiger partial charge in [0.15, 0.2) is 5.65 Å². The van der Waals surface area contributed by atoms with Crippen molar-refractivity contribution in [3.63, 3.8) is 0 Å². The van der Waals surface area contributed by atoms with E-state index >= 15 is 0 Å². The number of rotatable bonds is 3. The van der Waals surface area contributed by atoms with Crippen molar-refractivity contribution in [2.75, 3.05) is 11.9 Å². The monoisotopic (exact) mass is 190 g/mol. The summed E-state index contributed by atoms with van der Waals surface area (Å²) in [5, 5.41) is 18.5. The Morgan fingerprint density at radius 1 is 1.43 bits per heavy atom. The van der Waals surface area contributed by atoms with E-state index in [1.165, 1.54) is 17.5 Å². The maximum Gasteiger partial charge on any atom is 0.200 e. The molecule has 0 aromatic carbocycles. The van der Waals surface area contributed by atoms with Crippen LogP contribution in [0, 0.1) is 5.92 Å². The maximum absolute atomic E-state index is 4.20. The summed E-state index contributed by atoms with van der Waals surface area (Å²) in [4.78, 5) is 0. The molecular weight excluding hydrogens is 180 g/mol. The Kier molecular flexibility index (Phi) is 1.59. The number of hydrogen-bond donors (Lipinski definition) is 1. The molecule has 6 heteroatoms. The van der Waals surface area contributed by atoms with Crippen molar-refractivity contribution in [1.29, 1.82) is 0 Å². The van der Waals surface area contributed by atoms with Crippen LogP contribution >= 0.6 is 0 Å². The summed E-state index contributed by atoms with van der Waals surface area (Å²) < 4.78 is 1.43. The van der Waals surface area contributed by atoms with E-state index in [1.807, 2.05) is 12.1 Å². The van der Waals surface area contributed by atoms with Crippen LogP contribution in [0.5, 0.6) is 0 Å². The van der Waals surface area contributed by atoms with Gasteiger partial charge in [-0.25, -0.2) is 0 Å². The second kappa shape index (κ2) is 2.90. The largest absolute Gasteiger partial charge is 0.368 e. The van der Waals surface area contributed by atoms with Gasteiger partial charge in [-0.1, -0.05) is 0 Å².